The molecule has 5 aromatic rings. The summed E-state index contributed by atoms with van der Waals surface area (Å²) in [5, 5.41) is 15.2. The second-order valence-corrected chi connectivity index (χ2v) is 22.6. The number of sulfone groups is 1. The van der Waals surface area contributed by atoms with Gasteiger partial charge in [0, 0.05) is 72.2 Å². The highest BCUT2D eigenvalue weighted by Crippen LogP contribution is 2.39. The fourth-order valence-corrected chi connectivity index (χ4v) is 12.0. The number of nitrogens with zero attached hydrogens (tertiary/aromatic N) is 3. The third-order valence-corrected chi connectivity index (χ3v) is 17.2. The lowest BCUT2D eigenvalue weighted by molar-refractivity contribution is -0.0436. The summed E-state index contributed by atoms with van der Waals surface area (Å²) in [5.74, 6) is -0.733. The van der Waals surface area contributed by atoms with Gasteiger partial charge in [0.15, 0.2) is 0 Å². The Balaban J connectivity index is 1.03. The Morgan fingerprint density at radius 2 is 1.56 bits per heavy atom. The zero-order chi connectivity index (χ0) is 50.1. The molecule has 2 saturated heterocycles. The van der Waals surface area contributed by atoms with Crippen molar-refractivity contribution in [3.8, 4) is 11.1 Å². The van der Waals surface area contributed by atoms with E-state index in [4.69, 9.17) is 16.3 Å². The number of amides is 1. The molecule has 3 N–H and O–H groups in total. The van der Waals surface area contributed by atoms with Crippen LogP contribution in [0.25, 0.3) is 11.1 Å². The third-order valence-electron chi connectivity index (χ3n) is 12.9. The predicted molar refractivity (Wildman–Crippen MR) is 271 cm³/mol. The third kappa shape index (κ3) is 13.4. The molecule has 2 aliphatic heterocycles. The van der Waals surface area contributed by atoms with Crippen LogP contribution in [0.3, 0.4) is 0 Å². The highest BCUT2D eigenvalue weighted by molar-refractivity contribution is 7.99. The molecule has 0 radical (unpaired) electrons. The van der Waals surface area contributed by atoms with E-state index in [1.165, 1.54) is 23.9 Å². The predicted octanol–water partition coefficient (Wildman–Crippen LogP) is 9.37. The van der Waals surface area contributed by atoms with Gasteiger partial charge in [0.05, 0.1) is 29.4 Å². The molecule has 0 saturated carbocycles. The summed E-state index contributed by atoms with van der Waals surface area (Å²) in [4.78, 5) is 18.8. The number of likely N-dealkylation sites (N-methyl/N-ethyl adjacent to an activating group) is 1. The number of aliphatic hydroxyl groups is 1. The number of hydrogen-bond donors (Lipinski definition) is 3. The van der Waals surface area contributed by atoms with Gasteiger partial charge in [0.1, 0.15) is 4.90 Å². The monoisotopic (exact) mass is 1040 g/mol. The molecule has 0 bridgehead atoms. The minimum absolute atomic E-state index is 0.0204. The van der Waals surface area contributed by atoms with Crippen LogP contribution in [-0.2, 0) is 24.6 Å². The minimum atomic E-state index is -6.10. The molecule has 1 amide bonds. The van der Waals surface area contributed by atoms with Gasteiger partial charge in [0.2, 0.25) is 0 Å². The van der Waals surface area contributed by atoms with Crippen molar-refractivity contribution in [2.45, 2.75) is 71.6 Å². The number of thioether (sulfide) groups is 1. The summed E-state index contributed by atoms with van der Waals surface area (Å²) in [7, 11) is -11.0. The zero-order valence-electron chi connectivity index (χ0n) is 39.0. The molecule has 12 nitrogen and oxygen atoms in total. The first-order chi connectivity index (χ1) is 33.4. The minimum Gasteiger partial charge on any atom is -0.388 e. The number of morpholine rings is 1. The number of ether oxygens (including phenoxy) is 1. The Kier molecular flexibility index (Phi) is 18.0. The molecule has 19 heteroatoms. The molecular formula is C51H59ClF3N5O7S3. The maximum Gasteiger partial charge on any atom is 0.501 e. The largest absolute Gasteiger partial charge is 0.501 e. The summed E-state index contributed by atoms with van der Waals surface area (Å²) in [6.45, 7) is 10.3. The zero-order valence-corrected chi connectivity index (χ0v) is 42.2. The van der Waals surface area contributed by atoms with E-state index in [2.05, 4.69) is 33.9 Å². The van der Waals surface area contributed by atoms with Crippen molar-refractivity contribution >= 4 is 60.5 Å². The fraction of sp³-hybridized carbons (Fsp3) is 0.392. The number of piperidine rings is 1. The number of halogens is 4. The summed E-state index contributed by atoms with van der Waals surface area (Å²) in [5.41, 5.74) is -2.75. The summed E-state index contributed by atoms with van der Waals surface area (Å²) < 4.78 is 105. The number of sulfonamides is 1. The van der Waals surface area contributed by atoms with Crippen molar-refractivity contribution in [1.82, 2.24) is 14.5 Å². The van der Waals surface area contributed by atoms with E-state index in [1.54, 1.807) is 12.1 Å². The molecule has 2 aliphatic rings. The Morgan fingerprint density at radius 3 is 2.23 bits per heavy atom. The van der Waals surface area contributed by atoms with Gasteiger partial charge in [-0.3, -0.25) is 9.69 Å². The van der Waals surface area contributed by atoms with Gasteiger partial charge in [-0.1, -0.05) is 80.0 Å². The van der Waals surface area contributed by atoms with E-state index in [9.17, 15) is 39.9 Å². The first kappa shape index (κ1) is 53.1. The number of anilines is 2. The van der Waals surface area contributed by atoms with Crippen molar-refractivity contribution in [3.05, 3.63) is 137 Å². The first-order valence-electron chi connectivity index (χ1n) is 23.4. The molecule has 0 unspecified atom stereocenters. The quantitative estimate of drug-likeness (QED) is 0.0638. The molecule has 3 atom stereocenters. The molecule has 2 fully saturated rings. The number of carbonyl (C=O) groups is 1. The highest BCUT2D eigenvalue weighted by atomic mass is 35.5. The van der Waals surface area contributed by atoms with Gasteiger partial charge >= 0.3 is 5.51 Å². The second-order valence-electron chi connectivity index (χ2n) is 17.5. The van der Waals surface area contributed by atoms with Crippen LogP contribution in [0.5, 0.6) is 0 Å². The first-order valence-corrected chi connectivity index (χ1v) is 27.7. The Bertz CT molecular complexity index is 2750. The number of nitrogens with one attached hydrogen (secondary N) is 2. The molecular weight excluding hydrogens is 983 g/mol. The number of rotatable bonds is 20. The number of benzene rings is 5. The molecule has 70 heavy (non-hydrogen) atoms. The molecule has 7 rings (SSSR count). The molecule has 5 aromatic carbocycles. The van der Waals surface area contributed by atoms with Crippen molar-refractivity contribution < 1.29 is 44.6 Å². The Labute approximate surface area is 418 Å². The van der Waals surface area contributed by atoms with Crippen molar-refractivity contribution in [2.24, 2.45) is 5.92 Å². The topological polar surface area (TPSA) is 149 Å². The molecule has 0 aromatic heterocycles. The maximum absolute atomic E-state index is 14.3. The summed E-state index contributed by atoms with van der Waals surface area (Å²) in [6, 6.07) is 32.7. The van der Waals surface area contributed by atoms with Gasteiger partial charge in [-0.15, -0.1) is 11.8 Å². The van der Waals surface area contributed by atoms with Crippen LogP contribution in [-0.4, -0.2) is 120 Å². The second kappa shape index (κ2) is 23.7. The van der Waals surface area contributed by atoms with Crippen LogP contribution in [0.4, 0.5) is 24.5 Å². The van der Waals surface area contributed by atoms with Crippen LogP contribution in [0.1, 0.15) is 55.1 Å². The Hall–Kier alpha value is -4.66. The van der Waals surface area contributed by atoms with Crippen LogP contribution in [0.15, 0.2) is 136 Å². The van der Waals surface area contributed by atoms with Gasteiger partial charge in [0.25, 0.3) is 25.8 Å². The lowest BCUT2D eigenvalue weighted by Crippen LogP contribution is -2.48. The molecule has 2 heterocycles. The van der Waals surface area contributed by atoms with E-state index in [0.717, 1.165) is 59.0 Å². The van der Waals surface area contributed by atoms with E-state index in [1.807, 2.05) is 83.6 Å². The molecule has 0 spiro atoms. The number of aliphatic hydroxyl groups excluding tert-OH is 1. The lowest BCUT2D eigenvalue weighted by Gasteiger charge is -2.36. The molecule has 376 valence electrons. The average molecular weight is 1040 g/mol. The van der Waals surface area contributed by atoms with Gasteiger partial charge < -0.3 is 25.0 Å². The van der Waals surface area contributed by atoms with Crippen LogP contribution >= 0.6 is 23.4 Å². The van der Waals surface area contributed by atoms with Gasteiger partial charge in [-0.05, 0) is 122 Å². The fourth-order valence-electron chi connectivity index (χ4n) is 8.91. The van der Waals surface area contributed by atoms with Gasteiger partial charge in [-0.2, -0.15) is 13.2 Å². The Morgan fingerprint density at radius 1 is 0.886 bits per heavy atom. The van der Waals surface area contributed by atoms with E-state index < -0.39 is 58.9 Å². The van der Waals surface area contributed by atoms with E-state index in [0.29, 0.717) is 75.4 Å². The highest BCUT2D eigenvalue weighted by Gasteiger charge is 2.48. The standard InChI is InChI=1S/C51H59ClF3N5O7S3/c1-3-58(4-2)33-42-34-59(30-31-67-42)27-26-40(35-68-43-10-6-5-7-11-43)56-47-23-22-44(32-48(47)69(63,64)51(53,54)55)70(65,66)57-50(62)38-16-20-41(21-17-38)60-28-24-37(25-29-60)49(61)46-13-9-8-12-45(46)36-14-18-39(52)19-15-36/h5-23,32,37,40,42,49,56,61H,3-4,24-31,33-35H2,1-2H3,(H,57,62)/t40-,42-,49+/m1/s1. The van der Waals surface area contributed by atoms with E-state index in [-0.39, 0.29) is 17.6 Å². The maximum atomic E-state index is 14.3. The molecule has 0 aliphatic carbocycles. The van der Waals surface area contributed by atoms with Crippen LogP contribution < -0.4 is 14.9 Å². The van der Waals surface area contributed by atoms with Crippen molar-refractivity contribution in [1.29, 1.82) is 0 Å². The smallest absolute Gasteiger partial charge is 0.388 e. The van der Waals surface area contributed by atoms with Crippen molar-refractivity contribution in [3.63, 3.8) is 0 Å². The normalized spacial score (nSPS) is 17.3. The summed E-state index contributed by atoms with van der Waals surface area (Å²) in [6.07, 6.45) is 1.04. The number of hydrogen-bond acceptors (Lipinski definition) is 12. The lowest BCUT2D eigenvalue weighted by atomic mass is 9.84. The SMILES string of the molecule is CCN(CC)C[C@@H]1CN(CC[C@H](CSc2ccccc2)Nc2ccc(S(=O)(=O)NC(=O)c3ccc(N4CCC([C@H](O)c5ccccc5-c5ccc(Cl)cc5)CC4)cc3)cc2S(=O)(=O)C(F)(F)F)CCO1. The summed E-state index contributed by atoms with van der Waals surface area (Å²) >= 11 is 7.56. The van der Waals surface area contributed by atoms with Crippen molar-refractivity contribution in [2.75, 3.05) is 74.9 Å². The number of carbonyl (C=O) groups excluding carboxylic acids is 1. The van der Waals surface area contributed by atoms with Crippen LogP contribution in [0.2, 0.25) is 5.02 Å². The average Bonchev–Trinajstić information content (AvgIpc) is 3.36. The van der Waals surface area contributed by atoms with E-state index >= 15 is 0 Å². The van der Waals surface area contributed by atoms with Gasteiger partial charge in [-0.25, -0.2) is 21.6 Å². The number of alkyl halides is 3. The van der Waals surface area contributed by atoms with Crippen LogP contribution in [0, 0.1) is 5.92 Å².